The number of carbonyl (C=O) groups is 2. The average molecular weight is 307 g/mol. The van der Waals surface area contributed by atoms with E-state index in [2.05, 4.69) is 0 Å². The Morgan fingerprint density at radius 3 is 2.41 bits per heavy atom. The first-order chi connectivity index (χ1) is 10.3. The van der Waals surface area contributed by atoms with Crippen LogP contribution in [0.15, 0.2) is 30.3 Å². The molecule has 2 rings (SSSR count). The molecule has 0 aliphatic carbocycles. The van der Waals surface area contributed by atoms with Crippen LogP contribution in [0.2, 0.25) is 0 Å². The van der Waals surface area contributed by atoms with Gasteiger partial charge in [-0.2, -0.15) is 0 Å². The predicted molar refractivity (Wildman–Crippen MR) is 79.0 cm³/mol. The molecule has 0 radical (unpaired) electrons. The molecule has 0 aromatic heterocycles. The van der Waals surface area contributed by atoms with Crippen molar-refractivity contribution >= 4 is 11.9 Å². The molecule has 120 valence electrons. The summed E-state index contributed by atoms with van der Waals surface area (Å²) < 4.78 is 10.5. The van der Waals surface area contributed by atoms with Gasteiger partial charge in [0.2, 0.25) is 0 Å². The Balaban J connectivity index is 1.64. The third-order valence-corrected chi connectivity index (χ3v) is 2.89. The molecule has 1 aliphatic heterocycles. The minimum Gasteiger partial charge on any atom is -0.458 e. The molecule has 0 bridgehead atoms. The highest BCUT2D eigenvalue weighted by Gasteiger charge is 2.32. The molecule has 0 atom stereocenters. The second-order valence-corrected chi connectivity index (χ2v) is 6.11. The lowest BCUT2D eigenvalue weighted by molar-refractivity contribution is -0.212. The van der Waals surface area contributed by atoms with Crippen LogP contribution in [0.5, 0.6) is 0 Å². The van der Waals surface area contributed by atoms with E-state index in [1.165, 1.54) is 5.06 Å². The van der Waals surface area contributed by atoms with Crippen LogP contribution in [0, 0.1) is 0 Å². The van der Waals surface area contributed by atoms with Gasteiger partial charge in [-0.1, -0.05) is 18.2 Å². The molecule has 1 aliphatic rings. The van der Waals surface area contributed by atoms with E-state index >= 15 is 0 Å². The summed E-state index contributed by atoms with van der Waals surface area (Å²) in [6, 6.07) is 8.77. The van der Waals surface area contributed by atoms with Gasteiger partial charge in [-0.25, -0.2) is 9.59 Å². The molecule has 0 saturated carbocycles. The normalized spacial score (nSPS) is 16.0. The Kier molecular flexibility index (Phi) is 5.15. The molecule has 1 aromatic rings. The summed E-state index contributed by atoms with van der Waals surface area (Å²) in [6.07, 6.45) is -0.129. The van der Waals surface area contributed by atoms with Gasteiger partial charge < -0.3 is 14.3 Å². The number of hydrogen-bond acceptors (Lipinski definition) is 6. The van der Waals surface area contributed by atoms with Crippen LogP contribution >= 0.6 is 0 Å². The molecule has 0 spiro atoms. The van der Waals surface area contributed by atoms with E-state index in [1.54, 1.807) is 45.0 Å². The molecule has 1 fully saturated rings. The highest BCUT2D eigenvalue weighted by molar-refractivity contribution is 5.89. The van der Waals surface area contributed by atoms with Crippen molar-refractivity contribution < 1.29 is 23.9 Å². The van der Waals surface area contributed by atoms with Crippen molar-refractivity contribution in [1.29, 1.82) is 0 Å². The molecular weight excluding hydrogens is 286 g/mol. The number of ether oxygens (including phenoxy) is 2. The number of hydroxylamine groups is 2. The largest absolute Gasteiger partial charge is 0.458 e. The van der Waals surface area contributed by atoms with Crippen molar-refractivity contribution in [2.24, 2.45) is 0 Å². The van der Waals surface area contributed by atoms with E-state index in [9.17, 15) is 9.59 Å². The van der Waals surface area contributed by atoms with Crippen molar-refractivity contribution in [2.75, 3.05) is 19.7 Å². The first-order valence-corrected chi connectivity index (χ1v) is 7.19. The fourth-order valence-corrected chi connectivity index (χ4v) is 1.88. The Labute approximate surface area is 129 Å². The van der Waals surface area contributed by atoms with Crippen molar-refractivity contribution in [1.82, 2.24) is 5.06 Å². The van der Waals surface area contributed by atoms with Crippen molar-refractivity contribution in [2.45, 2.75) is 32.5 Å². The number of hydrogen-bond donors (Lipinski definition) is 0. The minimum atomic E-state index is -0.517. The summed E-state index contributed by atoms with van der Waals surface area (Å²) >= 11 is 0. The minimum absolute atomic E-state index is 0.0948. The van der Waals surface area contributed by atoms with Crippen molar-refractivity contribution in [3.63, 3.8) is 0 Å². The van der Waals surface area contributed by atoms with Gasteiger partial charge >= 0.3 is 11.9 Å². The standard InChI is InChI=1S/C16H21NO5/c1-16(2,3)21-14(18)11-20-13-9-17(10-13)22-15(19)12-7-5-4-6-8-12/h4-8,13H,9-11H2,1-3H3. The quantitative estimate of drug-likeness (QED) is 0.773. The van der Waals surface area contributed by atoms with Crippen LogP contribution in [0.1, 0.15) is 31.1 Å². The molecule has 1 saturated heterocycles. The van der Waals surface area contributed by atoms with Crippen LogP contribution in [-0.4, -0.2) is 48.4 Å². The first-order valence-electron chi connectivity index (χ1n) is 7.19. The lowest BCUT2D eigenvalue weighted by Crippen LogP contribution is -2.53. The summed E-state index contributed by atoms with van der Waals surface area (Å²) in [7, 11) is 0. The van der Waals surface area contributed by atoms with Crippen molar-refractivity contribution in [3.05, 3.63) is 35.9 Å². The lowest BCUT2D eigenvalue weighted by atomic mass is 10.2. The predicted octanol–water partition coefficient (Wildman–Crippen LogP) is 1.80. The van der Waals surface area contributed by atoms with Gasteiger partial charge in [0.25, 0.3) is 0 Å². The number of nitrogens with zero attached hydrogens (tertiary/aromatic N) is 1. The Morgan fingerprint density at radius 2 is 1.82 bits per heavy atom. The van der Waals surface area contributed by atoms with E-state index in [1.807, 2.05) is 6.07 Å². The first kappa shape index (κ1) is 16.5. The molecule has 0 amide bonds. The highest BCUT2D eigenvalue weighted by Crippen LogP contribution is 2.15. The second kappa shape index (κ2) is 6.89. The fraction of sp³-hybridized carbons (Fsp3) is 0.500. The zero-order chi connectivity index (χ0) is 16.2. The van der Waals surface area contributed by atoms with E-state index in [-0.39, 0.29) is 12.7 Å². The molecule has 22 heavy (non-hydrogen) atoms. The van der Waals surface area contributed by atoms with Gasteiger partial charge in [0.1, 0.15) is 12.2 Å². The van der Waals surface area contributed by atoms with Gasteiger partial charge in [-0.05, 0) is 32.9 Å². The summed E-state index contributed by atoms with van der Waals surface area (Å²) in [5.74, 6) is -0.793. The lowest BCUT2D eigenvalue weighted by Gasteiger charge is -2.36. The zero-order valence-electron chi connectivity index (χ0n) is 13.1. The molecule has 6 nitrogen and oxygen atoms in total. The average Bonchev–Trinajstić information content (AvgIpc) is 2.40. The number of benzene rings is 1. The third-order valence-electron chi connectivity index (χ3n) is 2.89. The summed E-state index contributed by atoms with van der Waals surface area (Å²) in [5, 5.41) is 1.51. The molecular formula is C16H21NO5. The van der Waals surface area contributed by atoms with E-state index in [0.29, 0.717) is 18.7 Å². The molecule has 1 heterocycles. The molecule has 6 heteroatoms. The summed E-state index contributed by atoms with van der Waals surface area (Å²) in [4.78, 5) is 28.5. The van der Waals surface area contributed by atoms with Crippen LogP contribution in [0.25, 0.3) is 0 Å². The highest BCUT2D eigenvalue weighted by atomic mass is 16.7. The Morgan fingerprint density at radius 1 is 1.18 bits per heavy atom. The summed E-state index contributed by atoms with van der Waals surface area (Å²) in [6.45, 7) is 6.21. The zero-order valence-corrected chi connectivity index (χ0v) is 13.1. The summed E-state index contributed by atoms with van der Waals surface area (Å²) in [5.41, 5.74) is -0.0160. The van der Waals surface area contributed by atoms with E-state index in [4.69, 9.17) is 14.3 Å². The maximum absolute atomic E-state index is 11.8. The Bertz CT molecular complexity index is 517. The van der Waals surface area contributed by atoms with Gasteiger partial charge in [-0.3, -0.25) is 0 Å². The van der Waals surface area contributed by atoms with Crippen LogP contribution in [0.4, 0.5) is 0 Å². The molecule has 0 unspecified atom stereocenters. The van der Waals surface area contributed by atoms with Gasteiger partial charge in [0.05, 0.1) is 24.8 Å². The maximum Gasteiger partial charge on any atom is 0.357 e. The SMILES string of the molecule is CC(C)(C)OC(=O)COC1CN(OC(=O)c2ccccc2)C1. The van der Waals surface area contributed by atoms with Crippen LogP contribution < -0.4 is 0 Å². The van der Waals surface area contributed by atoms with Crippen LogP contribution in [0.3, 0.4) is 0 Å². The van der Waals surface area contributed by atoms with Gasteiger partial charge in [-0.15, -0.1) is 5.06 Å². The number of rotatable bonds is 5. The molecule has 1 aromatic carbocycles. The van der Waals surface area contributed by atoms with Gasteiger partial charge in [0.15, 0.2) is 0 Å². The molecule has 0 N–H and O–H groups in total. The second-order valence-electron chi connectivity index (χ2n) is 6.11. The van der Waals surface area contributed by atoms with Gasteiger partial charge in [0, 0.05) is 0 Å². The monoisotopic (exact) mass is 307 g/mol. The number of carbonyl (C=O) groups excluding carboxylic acids is 2. The van der Waals surface area contributed by atoms with Crippen LogP contribution in [-0.2, 0) is 19.1 Å². The maximum atomic E-state index is 11.8. The number of esters is 1. The van der Waals surface area contributed by atoms with E-state index < -0.39 is 17.5 Å². The smallest absolute Gasteiger partial charge is 0.357 e. The fourth-order valence-electron chi connectivity index (χ4n) is 1.88. The Hall–Kier alpha value is -1.92. The topological polar surface area (TPSA) is 65.1 Å². The third kappa shape index (κ3) is 5.13. The van der Waals surface area contributed by atoms with Crippen molar-refractivity contribution in [3.8, 4) is 0 Å². The van der Waals surface area contributed by atoms with E-state index in [0.717, 1.165) is 0 Å².